The van der Waals surface area contributed by atoms with E-state index in [1.165, 1.54) is 0 Å². The second kappa shape index (κ2) is 5.12. The molecule has 1 saturated heterocycles. The third kappa shape index (κ3) is 3.17. The summed E-state index contributed by atoms with van der Waals surface area (Å²) in [6, 6.07) is -0.541. The molecule has 0 unspecified atom stereocenters. The second-order valence-electron chi connectivity index (χ2n) is 5.33. The molecule has 16 heavy (non-hydrogen) atoms. The number of nitrogens with two attached hydrogens (primary N) is 2. The Morgan fingerprint density at radius 2 is 1.75 bits per heavy atom. The molecule has 0 radical (unpaired) electrons. The standard InChI is InChI=1S/C11H24N4O/c1-11(2,3)15-6-4-14(5-7-15)10(16)9(13)8-12/h9H,4-8,12-13H2,1-3H3/t9-/m0/s1. The van der Waals surface area contributed by atoms with E-state index in [2.05, 4.69) is 25.7 Å². The highest BCUT2D eigenvalue weighted by molar-refractivity contribution is 5.82. The minimum atomic E-state index is -0.541. The van der Waals surface area contributed by atoms with Crippen LogP contribution in [0.1, 0.15) is 20.8 Å². The van der Waals surface area contributed by atoms with Crippen molar-refractivity contribution in [1.29, 1.82) is 0 Å². The zero-order valence-corrected chi connectivity index (χ0v) is 10.6. The molecule has 0 bridgehead atoms. The van der Waals surface area contributed by atoms with Gasteiger partial charge in [-0.15, -0.1) is 0 Å². The van der Waals surface area contributed by atoms with Gasteiger partial charge in [0.15, 0.2) is 0 Å². The Labute approximate surface area is 97.7 Å². The Bertz CT molecular complexity index is 241. The van der Waals surface area contributed by atoms with E-state index in [0.717, 1.165) is 26.2 Å². The molecular formula is C11H24N4O. The van der Waals surface area contributed by atoms with Crippen molar-refractivity contribution in [2.24, 2.45) is 11.5 Å². The van der Waals surface area contributed by atoms with Crippen LogP contribution in [0.15, 0.2) is 0 Å². The van der Waals surface area contributed by atoms with Crippen molar-refractivity contribution in [2.75, 3.05) is 32.7 Å². The zero-order valence-electron chi connectivity index (χ0n) is 10.6. The molecule has 5 heteroatoms. The van der Waals surface area contributed by atoms with Gasteiger partial charge in [0.2, 0.25) is 5.91 Å². The van der Waals surface area contributed by atoms with Crippen molar-refractivity contribution >= 4 is 5.91 Å². The molecule has 0 aromatic heterocycles. The minimum absolute atomic E-state index is 0.0175. The average Bonchev–Trinajstić information content (AvgIpc) is 2.26. The van der Waals surface area contributed by atoms with Crippen molar-refractivity contribution in [1.82, 2.24) is 9.80 Å². The number of rotatable bonds is 2. The summed E-state index contributed by atoms with van der Waals surface area (Å²) in [5.41, 5.74) is 11.2. The second-order valence-corrected chi connectivity index (χ2v) is 5.33. The Kier molecular flexibility index (Phi) is 4.29. The number of hydrogen-bond donors (Lipinski definition) is 2. The highest BCUT2D eigenvalue weighted by Crippen LogP contribution is 2.15. The van der Waals surface area contributed by atoms with Gasteiger partial charge in [-0.25, -0.2) is 0 Å². The smallest absolute Gasteiger partial charge is 0.240 e. The van der Waals surface area contributed by atoms with Crippen LogP contribution < -0.4 is 11.5 Å². The van der Waals surface area contributed by atoms with Crippen molar-refractivity contribution in [3.63, 3.8) is 0 Å². The first-order valence-electron chi connectivity index (χ1n) is 5.85. The normalized spacial score (nSPS) is 20.9. The molecule has 4 N–H and O–H groups in total. The molecule has 0 aliphatic carbocycles. The maximum absolute atomic E-state index is 11.8. The number of piperazine rings is 1. The van der Waals surface area contributed by atoms with E-state index in [4.69, 9.17) is 11.5 Å². The van der Waals surface area contributed by atoms with Crippen LogP contribution in [0.4, 0.5) is 0 Å². The first-order valence-corrected chi connectivity index (χ1v) is 5.85. The summed E-state index contributed by atoms with van der Waals surface area (Å²) in [4.78, 5) is 16.0. The summed E-state index contributed by atoms with van der Waals surface area (Å²) < 4.78 is 0. The Morgan fingerprint density at radius 1 is 1.25 bits per heavy atom. The third-order valence-electron chi connectivity index (χ3n) is 3.11. The van der Waals surface area contributed by atoms with Gasteiger partial charge in [-0.2, -0.15) is 0 Å². The molecule has 1 aliphatic rings. The molecule has 0 saturated carbocycles. The van der Waals surface area contributed by atoms with E-state index in [9.17, 15) is 4.79 Å². The monoisotopic (exact) mass is 228 g/mol. The van der Waals surface area contributed by atoms with Crippen LogP contribution in [0, 0.1) is 0 Å². The molecule has 1 aliphatic heterocycles. The van der Waals surface area contributed by atoms with Crippen LogP contribution in [0.5, 0.6) is 0 Å². The zero-order chi connectivity index (χ0) is 12.3. The molecule has 5 nitrogen and oxygen atoms in total. The fraction of sp³-hybridized carbons (Fsp3) is 0.909. The number of hydrogen-bond acceptors (Lipinski definition) is 4. The third-order valence-corrected chi connectivity index (χ3v) is 3.11. The van der Waals surface area contributed by atoms with Gasteiger partial charge >= 0.3 is 0 Å². The van der Waals surface area contributed by atoms with Crippen LogP contribution in [-0.2, 0) is 4.79 Å². The molecular weight excluding hydrogens is 204 g/mol. The van der Waals surface area contributed by atoms with Gasteiger partial charge in [-0.05, 0) is 20.8 Å². The van der Waals surface area contributed by atoms with Crippen LogP contribution in [-0.4, -0.2) is 60.0 Å². The largest absolute Gasteiger partial charge is 0.339 e. The SMILES string of the molecule is CC(C)(C)N1CCN(C(=O)[C@@H](N)CN)CC1. The van der Waals surface area contributed by atoms with Crippen LogP contribution >= 0.6 is 0 Å². The van der Waals surface area contributed by atoms with Crippen LogP contribution in [0.3, 0.4) is 0 Å². The maximum Gasteiger partial charge on any atom is 0.240 e. The predicted octanol–water partition coefficient (Wildman–Crippen LogP) is -0.785. The average molecular weight is 228 g/mol. The van der Waals surface area contributed by atoms with Crippen molar-refractivity contribution in [3.05, 3.63) is 0 Å². The topological polar surface area (TPSA) is 75.6 Å². The molecule has 0 aromatic carbocycles. The van der Waals surface area contributed by atoms with Crippen molar-refractivity contribution in [2.45, 2.75) is 32.4 Å². The Morgan fingerprint density at radius 3 is 2.12 bits per heavy atom. The van der Waals surface area contributed by atoms with Crippen LogP contribution in [0.2, 0.25) is 0 Å². The van der Waals surface area contributed by atoms with E-state index in [1.54, 1.807) is 0 Å². The van der Waals surface area contributed by atoms with Gasteiger partial charge in [-0.1, -0.05) is 0 Å². The lowest BCUT2D eigenvalue weighted by molar-refractivity contribution is -0.134. The number of carbonyl (C=O) groups is 1. The lowest BCUT2D eigenvalue weighted by Gasteiger charge is -2.42. The van der Waals surface area contributed by atoms with Gasteiger partial charge in [-0.3, -0.25) is 9.69 Å². The van der Waals surface area contributed by atoms with Gasteiger partial charge in [0.1, 0.15) is 0 Å². The summed E-state index contributed by atoms with van der Waals surface area (Å²) in [5, 5.41) is 0. The summed E-state index contributed by atoms with van der Waals surface area (Å²) in [6.07, 6.45) is 0. The molecule has 1 fully saturated rings. The van der Waals surface area contributed by atoms with E-state index in [0.29, 0.717) is 0 Å². The van der Waals surface area contributed by atoms with Crippen LogP contribution in [0.25, 0.3) is 0 Å². The first kappa shape index (κ1) is 13.4. The summed E-state index contributed by atoms with van der Waals surface area (Å²) in [5.74, 6) is -0.0175. The van der Waals surface area contributed by atoms with E-state index in [1.807, 2.05) is 4.90 Å². The molecule has 1 amide bonds. The summed E-state index contributed by atoms with van der Waals surface area (Å²) >= 11 is 0. The Hall–Kier alpha value is -0.650. The highest BCUT2D eigenvalue weighted by atomic mass is 16.2. The van der Waals surface area contributed by atoms with Gasteiger partial charge < -0.3 is 16.4 Å². The lowest BCUT2D eigenvalue weighted by Crippen LogP contribution is -2.58. The maximum atomic E-state index is 11.8. The quantitative estimate of drug-likeness (QED) is 0.650. The molecule has 0 spiro atoms. The minimum Gasteiger partial charge on any atom is -0.339 e. The molecule has 94 valence electrons. The Balaban J connectivity index is 2.46. The molecule has 1 heterocycles. The number of nitrogens with zero attached hydrogens (tertiary/aromatic N) is 2. The lowest BCUT2D eigenvalue weighted by atomic mass is 10.0. The van der Waals surface area contributed by atoms with E-state index in [-0.39, 0.29) is 18.0 Å². The fourth-order valence-electron chi connectivity index (χ4n) is 1.93. The molecule has 0 aromatic rings. The van der Waals surface area contributed by atoms with Gasteiger partial charge in [0.25, 0.3) is 0 Å². The first-order chi connectivity index (χ1) is 7.36. The van der Waals surface area contributed by atoms with Gasteiger partial charge in [0.05, 0.1) is 6.04 Å². The summed E-state index contributed by atoms with van der Waals surface area (Å²) in [7, 11) is 0. The van der Waals surface area contributed by atoms with Gasteiger partial charge in [0, 0.05) is 38.3 Å². The fourth-order valence-corrected chi connectivity index (χ4v) is 1.93. The van der Waals surface area contributed by atoms with Crippen molar-refractivity contribution < 1.29 is 4.79 Å². The molecule has 1 atom stereocenters. The number of carbonyl (C=O) groups excluding carboxylic acids is 1. The van der Waals surface area contributed by atoms with Crippen molar-refractivity contribution in [3.8, 4) is 0 Å². The predicted molar refractivity (Wildman–Crippen MR) is 64.9 cm³/mol. The highest BCUT2D eigenvalue weighted by Gasteiger charge is 2.29. The van der Waals surface area contributed by atoms with E-state index < -0.39 is 6.04 Å². The van der Waals surface area contributed by atoms with E-state index >= 15 is 0 Å². The molecule has 1 rings (SSSR count). The summed E-state index contributed by atoms with van der Waals surface area (Å²) in [6.45, 7) is 10.1. The number of amides is 1.